The van der Waals surface area contributed by atoms with Crippen molar-refractivity contribution in [2.45, 2.75) is 6.54 Å². The molecule has 1 aromatic carbocycles. The number of hydrogen-bond acceptors (Lipinski definition) is 3. The number of nitrogens with one attached hydrogen (secondary N) is 1. The minimum Gasteiger partial charge on any atom is -0.508 e. The van der Waals surface area contributed by atoms with Gasteiger partial charge in [-0.2, -0.15) is 0 Å². The molecule has 0 aliphatic rings. The van der Waals surface area contributed by atoms with E-state index in [-0.39, 0.29) is 24.9 Å². The third-order valence-electron chi connectivity index (χ3n) is 2.39. The Hall–Kier alpha value is -2.01. The summed E-state index contributed by atoms with van der Waals surface area (Å²) in [6.07, 6.45) is 1.61. The fraction of sp³-hybridized carbons (Fsp3) is 0.308. The summed E-state index contributed by atoms with van der Waals surface area (Å²) in [6.45, 7) is 4.51. The Morgan fingerprint density at radius 3 is 2.61 bits per heavy atom. The Bertz CT molecular complexity index is 390. The molecule has 0 atom stereocenters. The summed E-state index contributed by atoms with van der Waals surface area (Å²) in [5.41, 5.74) is 0.892. The van der Waals surface area contributed by atoms with Crippen LogP contribution in [0.25, 0.3) is 0 Å². The average molecular weight is 250 g/mol. The van der Waals surface area contributed by atoms with Crippen LogP contribution in [0.2, 0.25) is 0 Å². The van der Waals surface area contributed by atoms with Crippen LogP contribution in [0, 0.1) is 0 Å². The maximum Gasteiger partial charge on any atom is 0.318 e. The highest BCUT2D eigenvalue weighted by atomic mass is 16.3. The van der Waals surface area contributed by atoms with Crippen LogP contribution >= 0.6 is 0 Å². The van der Waals surface area contributed by atoms with Gasteiger partial charge < -0.3 is 20.4 Å². The van der Waals surface area contributed by atoms with E-state index in [4.69, 9.17) is 10.2 Å². The largest absolute Gasteiger partial charge is 0.508 e. The van der Waals surface area contributed by atoms with E-state index in [1.165, 1.54) is 4.90 Å². The van der Waals surface area contributed by atoms with Gasteiger partial charge in [-0.3, -0.25) is 0 Å². The van der Waals surface area contributed by atoms with Gasteiger partial charge in [-0.05, 0) is 17.7 Å². The maximum absolute atomic E-state index is 11.8. The number of phenolic OH excluding ortho intramolecular Hbond substituents is 1. The van der Waals surface area contributed by atoms with Crippen molar-refractivity contribution in [3.05, 3.63) is 42.5 Å². The van der Waals surface area contributed by atoms with Gasteiger partial charge in [0.25, 0.3) is 0 Å². The zero-order valence-corrected chi connectivity index (χ0v) is 10.2. The Morgan fingerprint density at radius 1 is 1.39 bits per heavy atom. The number of nitrogens with zero attached hydrogens (tertiary/aromatic N) is 1. The number of rotatable bonds is 6. The number of carbonyl (C=O) groups is 1. The number of hydrogen-bond donors (Lipinski definition) is 3. The van der Waals surface area contributed by atoms with Gasteiger partial charge in [0.1, 0.15) is 5.75 Å². The first kappa shape index (κ1) is 14.1. The second-order valence-electron chi connectivity index (χ2n) is 3.78. The van der Waals surface area contributed by atoms with Crippen LogP contribution in [0.1, 0.15) is 5.56 Å². The highest BCUT2D eigenvalue weighted by Gasteiger charge is 2.10. The first-order valence-electron chi connectivity index (χ1n) is 5.69. The lowest BCUT2D eigenvalue weighted by molar-refractivity contribution is 0.183. The Morgan fingerprint density at radius 2 is 2.06 bits per heavy atom. The summed E-state index contributed by atoms with van der Waals surface area (Å²) in [4.78, 5) is 13.2. The lowest BCUT2D eigenvalue weighted by Crippen LogP contribution is -2.41. The first-order valence-corrected chi connectivity index (χ1v) is 5.69. The molecule has 1 rings (SSSR count). The van der Waals surface area contributed by atoms with Crippen molar-refractivity contribution in [2.75, 3.05) is 19.7 Å². The third-order valence-corrected chi connectivity index (χ3v) is 2.39. The Labute approximate surface area is 106 Å². The molecule has 0 saturated carbocycles. The zero-order valence-electron chi connectivity index (χ0n) is 10.2. The van der Waals surface area contributed by atoms with E-state index < -0.39 is 0 Å². The van der Waals surface area contributed by atoms with Crippen molar-refractivity contribution in [1.29, 1.82) is 0 Å². The molecule has 1 aromatic rings. The van der Waals surface area contributed by atoms with Crippen LogP contribution in [0.3, 0.4) is 0 Å². The quantitative estimate of drug-likeness (QED) is 0.661. The minimum atomic E-state index is -0.253. The molecule has 98 valence electrons. The van der Waals surface area contributed by atoms with E-state index in [1.54, 1.807) is 30.3 Å². The normalized spacial score (nSPS) is 9.83. The van der Waals surface area contributed by atoms with Crippen LogP contribution in [0.4, 0.5) is 4.79 Å². The van der Waals surface area contributed by atoms with Gasteiger partial charge in [-0.25, -0.2) is 4.79 Å². The van der Waals surface area contributed by atoms with Gasteiger partial charge in [0, 0.05) is 19.6 Å². The lowest BCUT2D eigenvalue weighted by atomic mass is 10.2. The standard InChI is InChI=1S/C13H18N2O3/c1-2-7-15(8-9-16)13(18)14-10-11-3-5-12(17)6-4-11/h2-6,16-17H,1,7-10H2,(H,14,18). The molecule has 2 amide bonds. The second-order valence-corrected chi connectivity index (χ2v) is 3.78. The maximum atomic E-state index is 11.8. The number of amides is 2. The van der Waals surface area contributed by atoms with E-state index in [1.807, 2.05) is 0 Å². The SMILES string of the molecule is C=CCN(CCO)C(=O)NCc1ccc(O)cc1. The molecule has 5 nitrogen and oxygen atoms in total. The van der Waals surface area contributed by atoms with E-state index >= 15 is 0 Å². The Balaban J connectivity index is 2.47. The monoisotopic (exact) mass is 250 g/mol. The number of urea groups is 1. The van der Waals surface area contributed by atoms with E-state index in [2.05, 4.69) is 11.9 Å². The van der Waals surface area contributed by atoms with Crippen molar-refractivity contribution >= 4 is 6.03 Å². The number of carbonyl (C=O) groups excluding carboxylic acids is 1. The van der Waals surface area contributed by atoms with E-state index in [0.717, 1.165) is 5.56 Å². The van der Waals surface area contributed by atoms with Gasteiger partial charge >= 0.3 is 6.03 Å². The van der Waals surface area contributed by atoms with Crippen LogP contribution in [-0.4, -0.2) is 40.8 Å². The third kappa shape index (κ3) is 4.47. The lowest BCUT2D eigenvalue weighted by Gasteiger charge is -2.20. The van der Waals surface area contributed by atoms with Crippen molar-refractivity contribution in [2.24, 2.45) is 0 Å². The zero-order chi connectivity index (χ0) is 13.4. The fourth-order valence-corrected chi connectivity index (χ4v) is 1.46. The number of aromatic hydroxyl groups is 1. The Kier molecular flexibility index (Phi) is 5.73. The van der Waals surface area contributed by atoms with Gasteiger partial charge in [0.05, 0.1) is 6.61 Å². The minimum absolute atomic E-state index is 0.0829. The van der Waals surface area contributed by atoms with Crippen LogP contribution in [0.5, 0.6) is 5.75 Å². The fourth-order valence-electron chi connectivity index (χ4n) is 1.46. The van der Waals surface area contributed by atoms with Crippen molar-refractivity contribution in [3.8, 4) is 5.75 Å². The van der Waals surface area contributed by atoms with Crippen LogP contribution in [-0.2, 0) is 6.54 Å². The molecular weight excluding hydrogens is 232 g/mol. The highest BCUT2D eigenvalue weighted by molar-refractivity contribution is 5.74. The molecule has 0 radical (unpaired) electrons. The molecular formula is C13H18N2O3. The molecule has 0 aromatic heterocycles. The molecule has 18 heavy (non-hydrogen) atoms. The van der Waals surface area contributed by atoms with Crippen molar-refractivity contribution in [1.82, 2.24) is 10.2 Å². The smallest absolute Gasteiger partial charge is 0.318 e. The molecule has 0 aliphatic carbocycles. The molecule has 0 fully saturated rings. The first-order chi connectivity index (χ1) is 8.67. The predicted molar refractivity (Wildman–Crippen MR) is 69.2 cm³/mol. The van der Waals surface area contributed by atoms with Crippen molar-refractivity contribution in [3.63, 3.8) is 0 Å². The number of phenols is 1. The van der Waals surface area contributed by atoms with Crippen LogP contribution < -0.4 is 5.32 Å². The van der Waals surface area contributed by atoms with E-state index in [9.17, 15) is 4.79 Å². The topological polar surface area (TPSA) is 72.8 Å². The van der Waals surface area contributed by atoms with Gasteiger partial charge in [0.15, 0.2) is 0 Å². The molecule has 5 heteroatoms. The predicted octanol–water partition coefficient (Wildman–Crippen LogP) is 1.08. The molecule has 0 bridgehead atoms. The highest BCUT2D eigenvalue weighted by Crippen LogP contribution is 2.09. The molecule has 0 spiro atoms. The molecule has 0 aliphatic heterocycles. The molecule has 3 N–H and O–H groups in total. The summed E-state index contributed by atoms with van der Waals surface area (Å²) in [5.74, 6) is 0.193. The summed E-state index contributed by atoms with van der Waals surface area (Å²) < 4.78 is 0. The number of aliphatic hydroxyl groups is 1. The number of aliphatic hydroxyl groups excluding tert-OH is 1. The number of benzene rings is 1. The van der Waals surface area contributed by atoms with E-state index in [0.29, 0.717) is 13.1 Å². The summed E-state index contributed by atoms with van der Waals surface area (Å²) in [5, 5.41) is 20.7. The summed E-state index contributed by atoms with van der Waals surface area (Å²) in [7, 11) is 0. The van der Waals surface area contributed by atoms with Gasteiger partial charge in [-0.15, -0.1) is 6.58 Å². The van der Waals surface area contributed by atoms with Crippen molar-refractivity contribution < 1.29 is 15.0 Å². The molecule has 0 unspecified atom stereocenters. The van der Waals surface area contributed by atoms with Gasteiger partial charge in [-0.1, -0.05) is 18.2 Å². The summed E-state index contributed by atoms with van der Waals surface area (Å²) in [6, 6.07) is 6.35. The summed E-state index contributed by atoms with van der Waals surface area (Å²) >= 11 is 0. The van der Waals surface area contributed by atoms with Gasteiger partial charge in [0.2, 0.25) is 0 Å². The average Bonchev–Trinajstić information content (AvgIpc) is 2.37. The van der Waals surface area contributed by atoms with Crippen LogP contribution in [0.15, 0.2) is 36.9 Å². The second kappa shape index (κ2) is 7.34. The molecule has 0 heterocycles. The molecule has 0 saturated heterocycles.